The van der Waals surface area contributed by atoms with E-state index in [9.17, 15) is 9.18 Å². The maximum absolute atomic E-state index is 14.8. The van der Waals surface area contributed by atoms with Crippen molar-refractivity contribution >= 4 is 11.6 Å². The van der Waals surface area contributed by atoms with Crippen LogP contribution in [0.15, 0.2) is 59.6 Å². The van der Waals surface area contributed by atoms with E-state index in [0.29, 0.717) is 18.4 Å². The van der Waals surface area contributed by atoms with E-state index in [-0.39, 0.29) is 5.71 Å². The van der Waals surface area contributed by atoms with Gasteiger partial charge in [0.2, 0.25) is 0 Å². The standard InChI is InChI=1S/C18H16FNO/c1-18(19)12-11-13-7-5-6-10-15(13)16(18)20-17(21)14-8-3-2-4-9-14/h2-10H,11-12H2,1H3/b20-16-. The van der Waals surface area contributed by atoms with Crippen LogP contribution >= 0.6 is 0 Å². The fourth-order valence-electron chi connectivity index (χ4n) is 2.66. The third kappa shape index (κ3) is 2.64. The number of hydrogen-bond acceptors (Lipinski definition) is 1. The molecule has 2 aromatic rings. The van der Waals surface area contributed by atoms with Gasteiger partial charge < -0.3 is 0 Å². The summed E-state index contributed by atoms with van der Waals surface area (Å²) in [6.07, 6.45) is 1.02. The smallest absolute Gasteiger partial charge is 0.267 e. The predicted octanol–water partition coefficient (Wildman–Crippen LogP) is 3.99. The average molecular weight is 281 g/mol. The van der Waals surface area contributed by atoms with Gasteiger partial charge in [0.05, 0.1) is 5.71 Å². The third-order valence-electron chi connectivity index (χ3n) is 3.86. The molecule has 2 nitrogen and oxygen atoms in total. The van der Waals surface area contributed by atoms with E-state index in [2.05, 4.69) is 4.99 Å². The zero-order valence-corrected chi connectivity index (χ0v) is 11.8. The van der Waals surface area contributed by atoms with Crippen molar-refractivity contribution in [1.29, 1.82) is 0 Å². The fraction of sp³-hybridized carbons (Fsp3) is 0.222. The Balaban J connectivity index is 2.07. The molecule has 0 heterocycles. The van der Waals surface area contributed by atoms with Gasteiger partial charge in [-0.05, 0) is 37.5 Å². The van der Waals surface area contributed by atoms with Crippen molar-refractivity contribution in [3.63, 3.8) is 0 Å². The Labute approximate surface area is 123 Å². The lowest BCUT2D eigenvalue weighted by Gasteiger charge is -2.29. The molecule has 0 saturated carbocycles. The Morgan fingerprint density at radius 3 is 2.52 bits per heavy atom. The minimum atomic E-state index is -1.57. The van der Waals surface area contributed by atoms with Gasteiger partial charge in [0.25, 0.3) is 5.91 Å². The first-order valence-corrected chi connectivity index (χ1v) is 7.04. The molecule has 3 heteroatoms. The van der Waals surface area contributed by atoms with Crippen molar-refractivity contribution in [2.45, 2.75) is 25.4 Å². The molecular weight excluding hydrogens is 265 g/mol. The SMILES string of the molecule is CC1(F)CCc2ccccc2/C1=N/C(=O)c1ccccc1. The summed E-state index contributed by atoms with van der Waals surface area (Å²) in [6, 6.07) is 16.3. The second kappa shape index (κ2) is 5.24. The van der Waals surface area contributed by atoms with E-state index < -0.39 is 11.6 Å². The van der Waals surface area contributed by atoms with Crippen molar-refractivity contribution < 1.29 is 9.18 Å². The van der Waals surface area contributed by atoms with Crippen LogP contribution in [-0.4, -0.2) is 17.3 Å². The van der Waals surface area contributed by atoms with Crippen molar-refractivity contribution in [3.05, 3.63) is 71.3 Å². The van der Waals surface area contributed by atoms with Crippen molar-refractivity contribution in [3.8, 4) is 0 Å². The molecule has 0 spiro atoms. The first-order chi connectivity index (χ1) is 10.1. The predicted molar refractivity (Wildman–Crippen MR) is 81.6 cm³/mol. The lowest BCUT2D eigenvalue weighted by Crippen LogP contribution is -2.36. The van der Waals surface area contributed by atoms with Gasteiger partial charge in [0.15, 0.2) is 5.67 Å². The molecule has 3 rings (SSSR count). The van der Waals surface area contributed by atoms with Gasteiger partial charge in [-0.25, -0.2) is 9.38 Å². The Hall–Kier alpha value is -2.29. The van der Waals surface area contributed by atoms with Gasteiger partial charge in [0, 0.05) is 11.1 Å². The molecule has 0 radical (unpaired) electrons. The van der Waals surface area contributed by atoms with Crippen molar-refractivity contribution in [2.75, 3.05) is 0 Å². The molecule has 2 aromatic carbocycles. The second-order valence-electron chi connectivity index (χ2n) is 5.49. The number of carbonyl (C=O) groups excluding carboxylic acids is 1. The van der Waals surface area contributed by atoms with E-state index in [1.807, 2.05) is 30.3 Å². The molecule has 0 saturated heterocycles. The summed E-state index contributed by atoms with van der Waals surface area (Å²) in [4.78, 5) is 16.4. The molecule has 0 N–H and O–H groups in total. The van der Waals surface area contributed by atoms with Crippen LogP contribution in [0.4, 0.5) is 4.39 Å². The first kappa shape index (κ1) is 13.7. The minimum absolute atomic E-state index is 0.248. The van der Waals surface area contributed by atoms with E-state index in [1.165, 1.54) is 6.92 Å². The molecule has 1 amide bonds. The first-order valence-electron chi connectivity index (χ1n) is 7.04. The van der Waals surface area contributed by atoms with Crippen LogP contribution in [0.5, 0.6) is 0 Å². The highest BCUT2D eigenvalue weighted by atomic mass is 19.1. The van der Waals surface area contributed by atoms with E-state index in [4.69, 9.17) is 0 Å². The van der Waals surface area contributed by atoms with E-state index in [1.54, 1.807) is 24.3 Å². The van der Waals surface area contributed by atoms with Crippen LogP contribution < -0.4 is 0 Å². The number of carbonyl (C=O) groups is 1. The van der Waals surface area contributed by atoms with Crippen LogP contribution in [0.2, 0.25) is 0 Å². The fourth-order valence-corrected chi connectivity index (χ4v) is 2.66. The Kier molecular flexibility index (Phi) is 3.42. The maximum Gasteiger partial charge on any atom is 0.277 e. The summed E-state index contributed by atoms with van der Waals surface area (Å²) in [5.74, 6) is -0.397. The molecular formula is C18H16FNO. The number of rotatable bonds is 1. The highest BCUT2D eigenvalue weighted by Crippen LogP contribution is 2.32. The molecule has 0 fully saturated rings. The Morgan fingerprint density at radius 2 is 1.76 bits per heavy atom. The number of hydrogen-bond donors (Lipinski definition) is 0. The zero-order valence-electron chi connectivity index (χ0n) is 11.8. The topological polar surface area (TPSA) is 29.4 Å². The highest BCUT2D eigenvalue weighted by Gasteiger charge is 2.36. The van der Waals surface area contributed by atoms with Gasteiger partial charge >= 0.3 is 0 Å². The monoisotopic (exact) mass is 281 g/mol. The molecule has 0 aromatic heterocycles. The molecule has 1 atom stereocenters. The van der Waals surface area contributed by atoms with Gasteiger partial charge in [-0.1, -0.05) is 42.5 Å². The number of aliphatic imine (C=N–C) groups is 1. The van der Waals surface area contributed by atoms with Gasteiger partial charge in [0.1, 0.15) is 0 Å². The number of halogens is 1. The summed E-state index contributed by atoms with van der Waals surface area (Å²) in [5, 5.41) is 0. The number of alkyl halides is 1. The number of benzene rings is 2. The highest BCUT2D eigenvalue weighted by molar-refractivity contribution is 6.15. The van der Waals surface area contributed by atoms with Crippen LogP contribution in [0.25, 0.3) is 0 Å². The second-order valence-corrected chi connectivity index (χ2v) is 5.49. The Morgan fingerprint density at radius 1 is 1.10 bits per heavy atom. The number of nitrogens with zero attached hydrogens (tertiary/aromatic N) is 1. The van der Waals surface area contributed by atoms with Crippen molar-refractivity contribution in [1.82, 2.24) is 0 Å². The summed E-state index contributed by atoms with van der Waals surface area (Å²) >= 11 is 0. The normalized spacial score (nSPS) is 22.9. The Bertz CT molecular complexity index is 704. The molecule has 21 heavy (non-hydrogen) atoms. The largest absolute Gasteiger partial charge is 0.277 e. The number of aryl methyl sites for hydroxylation is 1. The van der Waals surface area contributed by atoms with Gasteiger partial charge in [-0.2, -0.15) is 0 Å². The molecule has 1 aliphatic carbocycles. The maximum atomic E-state index is 14.8. The zero-order chi connectivity index (χ0) is 14.9. The van der Waals surface area contributed by atoms with Gasteiger partial charge in [-0.3, -0.25) is 4.79 Å². The van der Waals surface area contributed by atoms with E-state index >= 15 is 0 Å². The number of amides is 1. The summed E-state index contributed by atoms with van der Waals surface area (Å²) < 4.78 is 14.8. The lowest BCUT2D eigenvalue weighted by molar-refractivity contribution is 0.1000. The van der Waals surface area contributed by atoms with Crippen LogP contribution in [0.3, 0.4) is 0 Å². The summed E-state index contributed by atoms with van der Waals surface area (Å²) in [5.41, 5.74) is 0.950. The summed E-state index contributed by atoms with van der Waals surface area (Å²) in [6.45, 7) is 1.50. The lowest BCUT2D eigenvalue weighted by atomic mass is 9.81. The van der Waals surface area contributed by atoms with Crippen LogP contribution in [0.1, 0.15) is 34.8 Å². The average Bonchev–Trinajstić information content (AvgIpc) is 2.51. The summed E-state index contributed by atoms with van der Waals surface area (Å²) in [7, 11) is 0. The molecule has 1 unspecified atom stereocenters. The quantitative estimate of drug-likeness (QED) is 0.777. The third-order valence-corrected chi connectivity index (χ3v) is 3.86. The van der Waals surface area contributed by atoms with E-state index in [0.717, 1.165) is 11.1 Å². The van der Waals surface area contributed by atoms with Crippen LogP contribution in [-0.2, 0) is 6.42 Å². The molecule has 0 aliphatic heterocycles. The number of fused-ring (bicyclic) bond motifs is 1. The van der Waals surface area contributed by atoms with Crippen molar-refractivity contribution in [2.24, 2.45) is 4.99 Å². The molecule has 106 valence electrons. The van der Waals surface area contributed by atoms with Gasteiger partial charge in [-0.15, -0.1) is 0 Å². The molecule has 0 bridgehead atoms. The molecule has 1 aliphatic rings. The van der Waals surface area contributed by atoms with Crippen LogP contribution in [0, 0.1) is 0 Å². The minimum Gasteiger partial charge on any atom is -0.267 e.